The molecule has 0 bridgehead atoms. The Morgan fingerprint density at radius 1 is 1.23 bits per heavy atom. The molecule has 35 heavy (non-hydrogen) atoms. The zero-order chi connectivity index (χ0) is 26.0. The molecule has 6 nitrogen and oxygen atoms in total. The van der Waals surface area contributed by atoms with Gasteiger partial charge in [0.25, 0.3) is 0 Å². The van der Waals surface area contributed by atoms with E-state index in [1.165, 1.54) is 11.3 Å². The van der Waals surface area contributed by atoms with Crippen molar-refractivity contribution >= 4 is 44.8 Å². The molecule has 1 aliphatic carbocycles. The van der Waals surface area contributed by atoms with E-state index in [9.17, 15) is 14.9 Å². The smallest absolute Gasteiger partial charge is 0.344 e. The van der Waals surface area contributed by atoms with Gasteiger partial charge in [-0.1, -0.05) is 39.8 Å². The lowest BCUT2D eigenvalue weighted by atomic mass is 9.63. The van der Waals surface area contributed by atoms with E-state index in [1.54, 1.807) is 13.8 Å². The maximum Gasteiger partial charge on any atom is 0.344 e. The van der Waals surface area contributed by atoms with Crippen LogP contribution in [0.2, 0.25) is 0 Å². The van der Waals surface area contributed by atoms with Crippen LogP contribution in [-0.2, 0) is 14.3 Å². The van der Waals surface area contributed by atoms with Gasteiger partial charge in [-0.3, -0.25) is 4.79 Å². The van der Waals surface area contributed by atoms with E-state index in [2.05, 4.69) is 49.7 Å². The maximum absolute atomic E-state index is 12.9. The van der Waals surface area contributed by atoms with Crippen LogP contribution in [0.3, 0.4) is 0 Å². The molecular weight excluding hydrogens is 528 g/mol. The van der Waals surface area contributed by atoms with E-state index in [4.69, 9.17) is 9.47 Å². The van der Waals surface area contributed by atoms with Crippen molar-refractivity contribution in [1.82, 2.24) is 0 Å². The number of ether oxygens (including phenoxy) is 2. The van der Waals surface area contributed by atoms with Gasteiger partial charge in [0.2, 0.25) is 5.91 Å². The first kappa shape index (κ1) is 27.2. The van der Waals surface area contributed by atoms with Gasteiger partial charge < -0.3 is 14.4 Å². The molecule has 0 aliphatic heterocycles. The number of esters is 1. The summed E-state index contributed by atoms with van der Waals surface area (Å²) < 4.78 is 11.2. The molecule has 0 spiro atoms. The van der Waals surface area contributed by atoms with Crippen molar-refractivity contribution in [3.05, 3.63) is 33.6 Å². The zero-order valence-electron chi connectivity index (χ0n) is 21.2. The van der Waals surface area contributed by atoms with Crippen molar-refractivity contribution < 1.29 is 19.1 Å². The largest absolute Gasteiger partial charge is 0.478 e. The van der Waals surface area contributed by atoms with Crippen LogP contribution in [0, 0.1) is 22.2 Å². The van der Waals surface area contributed by atoms with E-state index in [-0.39, 0.29) is 36.0 Å². The van der Waals surface area contributed by atoms with E-state index in [0.29, 0.717) is 15.1 Å². The van der Waals surface area contributed by atoms with Crippen LogP contribution < -0.4 is 9.64 Å². The number of hydrogen-bond acceptors (Lipinski definition) is 6. The summed E-state index contributed by atoms with van der Waals surface area (Å²) in [5.41, 5.74) is 1.98. The van der Waals surface area contributed by atoms with Crippen LogP contribution in [-0.4, -0.2) is 31.1 Å². The third kappa shape index (κ3) is 6.45. The SMILES string of the molecule is CCOC(=O)COc1c(C#N)sc(-c2cccc(N(C(C)=O)C3CC(C)(C)CC(C)(C)C3)c2)c1Br. The highest BCUT2D eigenvalue weighted by molar-refractivity contribution is 9.10. The van der Waals surface area contributed by atoms with Crippen molar-refractivity contribution in [3.63, 3.8) is 0 Å². The molecule has 1 aliphatic rings. The molecule has 1 aromatic carbocycles. The van der Waals surface area contributed by atoms with Crippen LogP contribution in [0.1, 0.15) is 65.7 Å². The number of carbonyl (C=O) groups excluding carboxylic acids is 2. The summed E-state index contributed by atoms with van der Waals surface area (Å²) in [4.78, 5) is 27.7. The average Bonchev–Trinajstić information content (AvgIpc) is 3.06. The van der Waals surface area contributed by atoms with E-state index < -0.39 is 5.97 Å². The number of nitriles is 1. The van der Waals surface area contributed by atoms with Gasteiger partial charge in [0.05, 0.1) is 16.0 Å². The molecule has 1 saturated carbocycles. The molecular formula is C27H33BrN2O4S. The first-order valence-corrected chi connectivity index (χ1v) is 13.4. The maximum atomic E-state index is 12.9. The monoisotopic (exact) mass is 560 g/mol. The Balaban J connectivity index is 1.97. The van der Waals surface area contributed by atoms with Crippen molar-refractivity contribution in [2.45, 2.75) is 66.8 Å². The summed E-state index contributed by atoms with van der Waals surface area (Å²) in [5.74, 6) is -0.152. The Morgan fingerprint density at radius 3 is 2.46 bits per heavy atom. The minimum absolute atomic E-state index is 0.0158. The topological polar surface area (TPSA) is 79.6 Å². The molecule has 0 radical (unpaired) electrons. The summed E-state index contributed by atoms with van der Waals surface area (Å²) >= 11 is 4.85. The zero-order valence-corrected chi connectivity index (χ0v) is 23.6. The Hall–Kier alpha value is -2.37. The molecule has 1 aromatic heterocycles. The molecule has 1 fully saturated rings. The Morgan fingerprint density at radius 2 is 1.89 bits per heavy atom. The lowest BCUT2D eigenvalue weighted by molar-refractivity contribution is -0.145. The quantitative estimate of drug-likeness (QED) is 0.342. The molecule has 0 N–H and O–H groups in total. The molecule has 0 unspecified atom stereocenters. The third-order valence-electron chi connectivity index (χ3n) is 6.17. The number of rotatable bonds is 7. The van der Waals surface area contributed by atoms with Crippen LogP contribution in [0.5, 0.6) is 5.75 Å². The Kier molecular flexibility index (Phi) is 8.33. The lowest BCUT2D eigenvalue weighted by Crippen LogP contribution is -2.48. The molecule has 0 atom stereocenters. The first-order valence-electron chi connectivity index (χ1n) is 11.8. The van der Waals surface area contributed by atoms with Gasteiger partial charge >= 0.3 is 5.97 Å². The van der Waals surface area contributed by atoms with E-state index in [0.717, 1.165) is 35.4 Å². The van der Waals surface area contributed by atoms with Gasteiger partial charge in [-0.05, 0) is 70.6 Å². The molecule has 3 rings (SSSR count). The number of benzene rings is 1. The lowest BCUT2D eigenvalue weighted by Gasteiger charge is -2.48. The number of amides is 1. The van der Waals surface area contributed by atoms with Crippen molar-refractivity contribution in [3.8, 4) is 22.3 Å². The van der Waals surface area contributed by atoms with Gasteiger partial charge in [0.1, 0.15) is 10.9 Å². The van der Waals surface area contributed by atoms with Crippen molar-refractivity contribution in [2.24, 2.45) is 10.8 Å². The first-order chi connectivity index (χ1) is 16.4. The van der Waals surface area contributed by atoms with Gasteiger partial charge in [-0.15, -0.1) is 11.3 Å². The number of thiophene rings is 1. The highest BCUT2D eigenvalue weighted by Crippen LogP contribution is 2.49. The van der Waals surface area contributed by atoms with E-state index >= 15 is 0 Å². The summed E-state index contributed by atoms with van der Waals surface area (Å²) in [6.07, 6.45) is 3.00. The fraction of sp³-hybridized carbons (Fsp3) is 0.519. The fourth-order valence-corrected chi connectivity index (χ4v) is 7.38. The molecule has 0 saturated heterocycles. The summed E-state index contributed by atoms with van der Waals surface area (Å²) in [6.45, 7) is 12.4. The summed E-state index contributed by atoms with van der Waals surface area (Å²) in [7, 11) is 0. The van der Waals surface area contributed by atoms with Crippen molar-refractivity contribution in [2.75, 3.05) is 18.1 Å². The van der Waals surface area contributed by atoms with Gasteiger partial charge in [-0.2, -0.15) is 5.26 Å². The molecule has 188 valence electrons. The van der Waals surface area contributed by atoms with Gasteiger partial charge in [-0.25, -0.2) is 4.79 Å². The molecule has 1 amide bonds. The minimum atomic E-state index is -0.492. The molecule has 2 aromatic rings. The second-order valence-corrected chi connectivity index (χ2v) is 12.4. The predicted molar refractivity (Wildman–Crippen MR) is 143 cm³/mol. The standard InChI is InChI=1S/C27H33BrN2O4S/c1-7-33-22(32)15-34-24-21(14-29)35-25(23(24)28)18-9-8-10-19(11-18)30(17(2)31)20-12-26(3,4)16-27(5,6)13-20/h8-11,20H,7,12-13,15-16H2,1-6H3. The highest BCUT2D eigenvalue weighted by atomic mass is 79.9. The second kappa shape index (κ2) is 10.7. The Bertz CT molecular complexity index is 1130. The minimum Gasteiger partial charge on any atom is -0.478 e. The van der Waals surface area contributed by atoms with Crippen LogP contribution >= 0.6 is 27.3 Å². The van der Waals surface area contributed by atoms with Gasteiger partial charge in [0.15, 0.2) is 12.4 Å². The predicted octanol–water partition coefficient (Wildman–Crippen LogP) is 6.95. The summed E-state index contributed by atoms with van der Waals surface area (Å²) in [6, 6.07) is 10.1. The second-order valence-electron chi connectivity index (χ2n) is 10.6. The number of nitrogens with zero attached hydrogens (tertiary/aromatic N) is 2. The average molecular weight is 562 g/mol. The highest BCUT2D eigenvalue weighted by Gasteiger charge is 2.41. The normalized spacial score (nSPS) is 16.9. The summed E-state index contributed by atoms with van der Waals surface area (Å²) in [5, 5.41) is 9.65. The number of anilines is 1. The number of carbonyl (C=O) groups is 2. The van der Waals surface area contributed by atoms with Gasteiger partial charge in [0, 0.05) is 18.7 Å². The van der Waals surface area contributed by atoms with Crippen molar-refractivity contribution in [1.29, 1.82) is 5.26 Å². The van der Waals surface area contributed by atoms with Crippen LogP contribution in [0.15, 0.2) is 28.7 Å². The number of hydrogen-bond donors (Lipinski definition) is 0. The molecule has 1 heterocycles. The fourth-order valence-electron chi connectivity index (χ4n) is 5.53. The molecule has 8 heteroatoms. The van der Waals surface area contributed by atoms with Crippen LogP contribution in [0.25, 0.3) is 10.4 Å². The number of halogens is 1. The third-order valence-corrected chi connectivity index (χ3v) is 8.32. The van der Waals surface area contributed by atoms with E-state index in [1.807, 2.05) is 29.2 Å². The van der Waals surface area contributed by atoms with Crippen LogP contribution in [0.4, 0.5) is 5.69 Å². The Labute approximate surface area is 220 Å².